The lowest BCUT2D eigenvalue weighted by molar-refractivity contribution is 0.667. The molecule has 4 heteroatoms. The molecule has 0 aliphatic heterocycles. The first-order valence-electron chi connectivity index (χ1n) is 4.93. The predicted octanol–water partition coefficient (Wildman–Crippen LogP) is 3.15. The number of aryl methyl sites for hydroxylation is 1. The molecule has 1 rings (SSSR count). The zero-order valence-corrected chi connectivity index (χ0v) is 10.4. The van der Waals surface area contributed by atoms with Gasteiger partial charge in [-0.2, -0.15) is 0 Å². The van der Waals surface area contributed by atoms with Crippen LogP contribution in [0.1, 0.15) is 32.4 Å². The molecule has 1 N–H and O–H groups in total. The average Bonchev–Trinajstić information content (AvgIpc) is 2.19. The van der Waals surface area contributed by atoms with Crippen LogP contribution >= 0.6 is 15.9 Å². The number of aromatic nitrogens is 2. The van der Waals surface area contributed by atoms with Crippen molar-refractivity contribution in [2.45, 2.75) is 39.7 Å². The highest BCUT2D eigenvalue weighted by Crippen LogP contribution is 2.14. The van der Waals surface area contributed by atoms with Crippen molar-refractivity contribution < 1.29 is 0 Å². The molecule has 0 saturated carbocycles. The Morgan fingerprint density at radius 2 is 2.07 bits per heavy atom. The lowest BCUT2D eigenvalue weighted by atomic mass is 10.2. The molecular weight excluding hydrogens is 242 g/mol. The molecule has 0 fully saturated rings. The summed E-state index contributed by atoms with van der Waals surface area (Å²) >= 11 is 3.33. The van der Waals surface area contributed by atoms with Crippen LogP contribution in [0.3, 0.4) is 0 Å². The number of nitrogens with one attached hydrogen (secondary N) is 1. The fourth-order valence-electron chi connectivity index (χ4n) is 1.24. The van der Waals surface area contributed by atoms with Gasteiger partial charge in [-0.05, 0) is 35.7 Å². The molecule has 0 spiro atoms. The van der Waals surface area contributed by atoms with Gasteiger partial charge in [0.25, 0.3) is 0 Å². The summed E-state index contributed by atoms with van der Waals surface area (Å²) in [4.78, 5) is 8.58. The molecule has 0 atom stereocenters. The van der Waals surface area contributed by atoms with Gasteiger partial charge in [0, 0.05) is 6.04 Å². The summed E-state index contributed by atoms with van der Waals surface area (Å²) in [7, 11) is 0. The van der Waals surface area contributed by atoms with E-state index in [0.717, 1.165) is 29.0 Å². The van der Waals surface area contributed by atoms with E-state index in [1.807, 2.05) is 6.92 Å². The number of rotatable bonds is 4. The summed E-state index contributed by atoms with van der Waals surface area (Å²) in [6.45, 7) is 6.27. The molecule has 0 unspecified atom stereocenters. The standard InChI is InChI=1S/C10H16BrN3/c1-4-8(5-2)14-9-6-12-10(11)7(3)13-9/h6,8H,4-5H2,1-3H3,(H,13,14). The molecule has 0 saturated heterocycles. The summed E-state index contributed by atoms with van der Waals surface area (Å²) in [5.74, 6) is 0.861. The number of nitrogens with zero attached hydrogens (tertiary/aromatic N) is 2. The highest BCUT2D eigenvalue weighted by atomic mass is 79.9. The lowest BCUT2D eigenvalue weighted by Gasteiger charge is -2.15. The van der Waals surface area contributed by atoms with E-state index in [1.165, 1.54) is 0 Å². The molecule has 1 aromatic rings. The normalized spacial score (nSPS) is 10.6. The number of halogens is 1. The van der Waals surface area contributed by atoms with Gasteiger partial charge in [0.2, 0.25) is 0 Å². The topological polar surface area (TPSA) is 37.8 Å². The van der Waals surface area contributed by atoms with Gasteiger partial charge in [0.05, 0.1) is 11.9 Å². The van der Waals surface area contributed by atoms with Gasteiger partial charge in [-0.25, -0.2) is 9.97 Å². The summed E-state index contributed by atoms with van der Waals surface area (Å²) in [5, 5.41) is 3.35. The highest BCUT2D eigenvalue weighted by Gasteiger charge is 2.05. The Labute approximate surface area is 93.5 Å². The van der Waals surface area contributed by atoms with Crippen LogP contribution in [0.15, 0.2) is 10.8 Å². The van der Waals surface area contributed by atoms with Crippen LogP contribution in [0.2, 0.25) is 0 Å². The molecule has 78 valence electrons. The molecule has 0 bridgehead atoms. The molecule has 0 amide bonds. The summed E-state index contributed by atoms with van der Waals surface area (Å²) in [5.41, 5.74) is 0.918. The van der Waals surface area contributed by atoms with E-state index in [2.05, 4.69) is 45.1 Å². The van der Waals surface area contributed by atoms with Gasteiger partial charge in [-0.1, -0.05) is 13.8 Å². The van der Waals surface area contributed by atoms with Crippen molar-refractivity contribution in [3.8, 4) is 0 Å². The largest absolute Gasteiger partial charge is 0.366 e. The molecule has 3 nitrogen and oxygen atoms in total. The number of hydrogen-bond donors (Lipinski definition) is 1. The third-order valence-electron chi connectivity index (χ3n) is 2.22. The quantitative estimate of drug-likeness (QED) is 0.901. The van der Waals surface area contributed by atoms with Gasteiger partial charge < -0.3 is 5.32 Å². The van der Waals surface area contributed by atoms with Crippen molar-refractivity contribution in [2.24, 2.45) is 0 Å². The van der Waals surface area contributed by atoms with E-state index in [9.17, 15) is 0 Å². The van der Waals surface area contributed by atoms with Crippen molar-refractivity contribution in [2.75, 3.05) is 5.32 Å². The second kappa shape index (κ2) is 5.29. The van der Waals surface area contributed by atoms with Crippen molar-refractivity contribution in [1.29, 1.82) is 0 Å². The molecule has 14 heavy (non-hydrogen) atoms. The molecule has 1 heterocycles. The second-order valence-corrected chi connectivity index (χ2v) is 4.04. The van der Waals surface area contributed by atoms with E-state index >= 15 is 0 Å². The minimum Gasteiger partial charge on any atom is -0.366 e. The molecule has 0 aliphatic carbocycles. The fraction of sp³-hybridized carbons (Fsp3) is 0.600. The molecule has 0 aliphatic rings. The Kier molecular flexibility index (Phi) is 4.32. The summed E-state index contributed by atoms with van der Waals surface area (Å²) in [6.07, 6.45) is 3.97. The van der Waals surface area contributed by atoms with Crippen LogP contribution in [-0.2, 0) is 0 Å². The SMILES string of the molecule is CCC(CC)Nc1cnc(Br)c(C)n1. The van der Waals surface area contributed by atoms with E-state index in [-0.39, 0.29) is 0 Å². The second-order valence-electron chi connectivity index (χ2n) is 3.29. The Bertz CT molecular complexity index is 297. The van der Waals surface area contributed by atoms with Crippen molar-refractivity contribution >= 4 is 21.7 Å². The average molecular weight is 258 g/mol. The maximum atomic E-state index is 4.39. The van der Waals surface area contributed by atoms with Gasteiger partial charge >= 0.3 is 0 Å². The number of hydrogen-bond acceptors (Lipinski definition) is 3. The zero-order valence-electron chi connectivity index (χ0n) is 8.84. The van der Waals surface area contributed by atoms with Gasteiger partial charge in [0.15, 0.2) is 0 Å². The third kappa shape index (κ3) is 2.94. The Morgan fingerprint density at radius 1 is 1.43 bits per heavy atom. The van der Waals surface area contributed by atoms with Crippen LogP contribution in [0.4, 0.5) is 5.82 Å². The Morgan fingerprint density at radius 3 is 2.57 bits per heavy atom. The minimum absolute atomic E-state index is 0.491. The van der Waals surface area contributed by atoms with Crippen LogP contribution < -0.4 is 5.32 Å². The fourth-order valence-corrected chi connectivity index (χ4v) is 1.43. The van der Waals surface area contributed by atoms with E-state index in [0.29, 0.717) is 6.04 Å². The van der Waals surface area contributed by atoms with Crippen LogP contribution in [-0.4, -0.2) is 16.0 Å². The van der Waals surface area contributed by atoms with E-state index in [4.69, 9.17) is 0 Å². The van der Waals surface area contributed by atoms with Crippen LogP contribution in [0, 0.1) is 6.92 Å². The van der Waals surface area contributed by atoms with E-state index < -0.39 is 0 Å². The van der Waals surface area contributed by atoms with Crippen LogP contribution in [0.5, 0.6) is 0 Å². The third-order valence-corrected chi connectivity index (χ3v) is 3.00. The first-order chi connectivity index (χ1) is 6.67. The van der Waals surface area contributed by atoms with Gasteiger partial charge in [-0.3, -0.25) is 0 Å². The van der Waals surface area contributed by atoms with Crippen LogP contribution in [0.25, 0.3) is 0 Å². The van der Waals surface area contributed by atoms with Gasteiger partial charge in [-0.15, -0.1) is 0 Å². The van der Waals surface area contributed by atoms with Crippen molar-refractivity contribution in [3.63, 3.8) is 0 Å². The minimum atomic E-state index is 0.491. The van der Waals surface area contributed by atoms with Crippen molar-refractivity contribution in [3.05, 3.63) is 16.5 Å². The Hall–Kier alpha value is -0.640. The molecule has 0 radical (unpaired) electrons. The first-order valence-corrected chi connectivity index (χ1v) is 5.72. The van der Waals surface area contributed by atoms with Crippen molar-refractivity contribution in [1.82, 2.24) is 9.97 Å². The smallest absolute Gasteiger partial charge is 0.145 e. The first kappa shape index (κ1) is 11.4. The highest BCUT2D eigenvalue weighted by molar-refractivity contribution is 9.10. The lowest BCUT2D eigenvalue weighted by Crippen LogP contribution is -2.18. The summed E-state index contributed by atoms with van der Waals surface area (Å²) < 4.78 is 0.813. The molecule has 1 aromatic heterocycles. The number of anilines is 1. The predicted molar refractivity (Wildman–Crippen MR) is 62.5 cm³/mol. The van der Waals surface area contributed by atoms with Gasteiger partial charge in [0.1, 0.15) is 10.4 Å². The molecule has 0 aromatic carbocycles. The zero-order chi connectivity index (χ0) is 10.6. The summed E-state index contributed by atoms with van der Waals surface area (Å²) in [6, 6.07) is 0.491. The van der Waals surface area contributed by atoms with E-state index in [1.54, 1.807) is 6.20 Å². The monoisotopic (exact) mass is 257 g/mol. The molecular formula is C10H16BrN3. The maximum Gasteiger partial charge on any atom is 0.145 e. The Balaban J connectivity index is 2.72. The maximum absolute atomic E-state index is 4.39.